The van der Waals surface area contributed by atoms with Crippen molar-refractivity contribution >= 4 is 11.9 Å². The highest BCUT2D eigenvalue weighted by atomic mass is 19.1. The second-order valence-corrected chi connectivity index (χ2v) is 7.85. The lowest BCUT2D eigenvalue weighted by Gasteiger charge is -2.33. The van der Waals surface area contributed by atoms with Gasteiger partial charge in [0.2, 0.25) is 5.91 Å². The number of halogens is 1. The third-order valence-electron chi connectivity index (χ3n) is 4.20. The molecule has 3 amide bonds. The third-order valence-corrected chi connectivity index (χ3v) is 4.20. The summed E-state index contributed by atoms with van der Waals surface area (Å²) in [7, 11) is 0. The molecule has 1 aromatic rings. The number of urea groups is 1. The monoisotopic (exact) mass is 349 g/mol. The van der Waals surface area contributed by atoms with Crippen molar-refractivity contribution in [2.24, 2.45) is 5.41 Å². The molecule has 0 bridgehead atoms. The number of rotatable bonds is 4. The number of nitrogens with zero attached hydrogens (tertiary/aromatic N) is 1. The maximum absolute atomic E-state index is 12.9. The Morgan fingerprint density at radius 3 is 2.32 bits per heavy atom. The van der Waals surface area contributed by atoms with Gasteiger partial charge in [0.15, 0.2) is 0 Å². The highest BCUT2D eigenvalue weighted by Crippen LogP contribution is 2.13. The lowest BCUT2D eigenvalue weighted by atomic mass is 9.97. The molecule has 1 heterocycles. The van der Waals surface area contributed by atoms with Gasteiger partial charge in [-0.3, -0.25) is 4.79 Å². The van der Waals surface area contributed by atoms with Gasteiger partial charge in [0.25, 0.3) is 0 Å². The smallest absolute Gasteiger partial charge is 0.317 e. The molecule has 0 aliphatic carbocycles. The van der Waals surface area contributed by atoms with E-state index >= 15 is 0 Å². The van der Waals surface area contributed by atoms with E-state index in [1.807, 2.05) is 0 Å². The highest BCUT2D eigenvalue weighted by Gasteiger charge is 2.24. The standard InChI is InChI=1S/C19H28FN3O2/c1-19(2,3)13-21-18(25)23-10-8-16(9-11-23)22-17(24)12-14-4-6-15(20)7-5-14/h4-7,16H,8-13H2,1-3H3,(H,21,25)(H,22,24). The SMILES string of the molecule is CC(C)(C)CNC(=O)N1CCC(NC(=O)Cc2ccc(F)cc2)CC1. The van der Waals surface area contributed by atoms with Gasteiger partial charge in [0, 0.05) is 25.7 Å². The molecule has 2 N–H and O–H groups in total. The topological polar surface area (TPSA) is 61.4 Å². The molecule has 1 aromatic carbocycles. The molecule has 1 saturated heterocycles. The van der Waals surface area contributed by atoms with Crippen LogP contribution in [0.1, 0.15) is 39.2 Å². The maximum Gasteiger partial charge on any atom is 0.317 e. The fourth-order valence-corrected chi connectivity index (χ4v) is 2.75. The van der Waals surface area contributed by atoms with E-state index in [4.69, 9.17) is 0 Å². The van der Waals surface area contributed by atoms with Gasteiger partial charge in [-0.25, -0.2) is 9.18 Å². The number of piperidine rings is 1. The molecule has 0 radical (unpaired) electrons. The van der Waals surface area contributed by atoms with E-state index in [9.17, 15) is 14.0 Å². The van der Waals surface area contributed by atoms with Crippen LogP contribution < -0.4 is 10.6 Å². The number of likely N-dealkylation sites (tertiary alicyclic amines) is 1. The number of benzene rings is 1. The van der Waals surface area contributed by atoms with Crippen LogP contribution in [0.2, 0.25) is 0 Å². The molecule has 0 spiro atoms. The number of carbonyl (C=O) groups is 2. The van der Waals surface area contributed by atoms with Gasteiger partial charge < -0.3 is 15.5 Å². The first-order valence-electron chi connectivity index (χ1n) is 8.79. The Hall–Kier alpha value is -2.11. The van der Waals surface area contributed by atoms with Crippen LogP contribution in [-0.2, 0) is 11.2 Å². The van der Waals surface area contributed by atoms with Crippen molar-refractivity contribution in [1.29, 1.82) is 0 Å². The maximum atomic E-state index is 12.9. The predicted molar refractivity (Wildman–Crippen MR) is 95.7 cm³/mol. The number of amides is 3. The average molecular weight is 349 g/mol. The molecule has 0 unspecified atom stereocenters. The third kappa shape index (κ3) is 6.72. The van der Waals surface area contributed by atoms with Crippen molar-refractivity contribution in [3.63, 3.8) is 0 Å². The summed E-state index contributed by atoms with van der Waals surface area (Å²) in [5.41, 5.74) is 0.848. The van der Waals surface area contributed by atoms with Crippen molar-refractivity contribution in [1.82, 2.24) is 15.5 Å². The second-order valence-electron chi connectivity index (χ2n) is 7.85. The van der Waals surface area contributed by atoms with Gasteiger partial charge in [-0.2, -0.15) is 0 Å². The molecule has 2 rings (SSSR count). The minimum absolute atomic E-state index is 0.0361. The van der Waals surface area contributed by atoms with Crippen LogP contribution in [0.25, 0.3) is 0 Å². The number of nitrogens with one attached hydrogen (secondary N) is 2. The van der Waals surface area contributed by atoms with Crippen LogP contribution in [-0.4, -0.2) is 42.5 Å². The Kier molecular flexibility index (Phi) is 6.39. The fourth-order valence-electron chi connectivity index (χ4n) is 2.75. The molecule has 1 fully saturated rings. The van der Waals surface area contributed by atoms with E-state index in [-0.39, 0.29) is 35.6 Å². The zero-order valence-corrected chi connectivity index (χ0v) is 15.3. The summed E-state index contributed by atoms with van der Waals surface area (Å²) >= 11 is 0. The zero-order chi connectivity index (χ0) is 18.4. The van der Waals surface area contributed by atoms with Crippen molar-refractivity contribution < 1.29 is 14.0 Å². The van der Waals surface area contributed by atoms with E-state index in [1.54, 1.807) is 17.0 Å². The molecule has 6 heteroatoms. The van der Waals surface area contributed by atoms with Crippen molar-refractivity contribution in [2.45, 2.75) is 46.1 Å². The predicted octanol–water partition coefficient (Wildman–Crippen LogP) is 2.70. The lowest BCUT2D eigenvalue weighted by Crippen LogP contribution is -2.50. The van der Waals surface area contributed by atoms with Crippen LogP contribution in [0, 0.1) is 11.2 Å². The zero-order valence-electron chi connectivity index (χ0n) is 15.3. The van der Waals surface area contributed by atoms with E-state index in [2.05, 4.69) is 31.4 Å². The summed E-state index contributed by atoms with van der Waals surface area (Å²) in [6.45, 7) is 8.15. The molecular formula is C19H28FN3O2. The number of carbonyl (C=O) groups excluding carboxylic acids is 2. The number of hydrogen-bond donors (Lipinski definition) is 2. The largest absolute Gasteiger partial charge is 0.353 e. The van der Waals surface area contributed by atoms with E-state index in [0.29, 0.717) is 19.6 Å². The highest BCUT2D eigenvalue weighted by molar-refractivity contribution is 5.79. The molecular weight excluding hydrogens is 321 g/mol. The Bertz CT molecular complexity index is 588. The summed E-state index contributed by atoms with van der Waals surface area (Å²) in [5.74, 6) is -0.372. The van der Waals surface area contributed by atoms with Crippen LogP contribution in [0.3, 0.4) is 0 Å². The van der Waals surface area contributed by atoms with Gasteiger partial charge >= 0.3 is 6.03 Å². The summed E-state index contributed by atoms with van der Waals surface area (Å²) < 4.78 is 12.9. The Morgan fingerprint density at radius 2 is 1.76 bits per heavy atom. The lowest BCUT2D eigenvalue weighted by molar-refractivity contribution is -0.121. The molecule has 25 heavy (non-hydrogen) atoms. The van der Waals surface area contributed by atoms with Crippen LogP contribution >= 0.6 is 0 Å². The molecule has 0 aromatic heterocycles. The van der Waals surface area contributed by atoms with Gasteiger partial charge in [-0.05, 0) is 36.0 Å². The van der Waals surface area contributed by atoms with Gasteiger partial charge in [0.05, 0.1) is 6.42 Å². The first kappa shape index (κ1) is 19.2. The quantitative estimate of drug-likeness (QED) is 0.878. The molecule has 5 nitrogen and oxygen atoms in total. The summed E-state index contributed by atoms with van der Waals surface area (Å²) in [4.78, 5) is 26.0. The summed E-state index contributed by atoms with van der Waals surface area (Å²) in [5, 5.41) is 5.96. The Labute approximate surface area is 149 Å². The van der Waals surface area contributed by atoms with Gasteiger partial charge in [-0.15, -0.1) is 0 Å². The van der Waals surface area contributed by atoms with Crippen molar-refractivity contribution in [2.75, 3.05) is 19.6 Å². The fraction of sp³-hybridized carbons (Fsp3) is 0.579. The van der Waals surface area contributed by atoms with Crippen LogP contribution in [0.4, 0.5) is 9.18 Å². The van der Waals surface area contributed by atoms with Crippen LogP contribution in [0.5, 0.6) is 0 Å². The Balaban J connectivity index is 1.71. The average Bonchev–Trinajstić information content (AvgIpc) is 2.55. The first-order valence-corrected chi connectivity index (χ1v) is 8.79. The van der Waals surface area contributed by atoms with Crippen molar-refractivity contribution in [3.8, 4) is 0 Å². The van der Waals surface area contributed by atoms with E-state index in [1.165, 1.54) is 12.1 Å². The second kappa shape index (κ2) is 8.32. The minimum Gasteiger partial charge on any atom is -0.353 e. The molecule has 1 aliphatic rings. The molecule has 0 saturated carbocycles. The first-order chi connectivity index (χ1) is 11.7. The number of hydrogen-bond acceptors (Lipinski definition) is 2. The van der Waals surface area contributed by atoms with Gasteiger partial charge in [0.1, 0.15) is 5.82 Å². The van der Waals surface area contributed by atoms with Gasteiger partial charge in [-0.1, -0.05) is 32.9 Å². The van der Waals surface area contributed by atoms with Crippen molar-refractivity contribution in [3.05, 3.63) is 35.6 Å². The summed E-state index contributed by atoms with van der Waals surface area (Å²) in [6, 6.07) is 6.01. The molecule has 0 atom stereocenters. The normalized spacial score (nSPS) is 15.8. The molecule has 138 valence electrons. The van der Waals surface area contributed by atoms with E-state index in [0.717, 1.165) is 18.4 Å². The summed E-state index contributed by atoms with van der Waals surface area (Å²) in [6.07, 6.45) is 1.74. The van der Waals surface area contributed by atoms with Crippen LogP contribution in [0.15, 0.2) is 24.3 Å². The minimum atomic E-state index is -0.304. The Morgan fingerprint density at radius 1 is 1.16 bits per heavy atom. The van der Waals surface area contributed by atoms with E-state index < -0.39 is 0 Å². The molecule has 1 aliphatic heterocycles.